The van der Waals surface area contributed by atoms with Gasteiger partial charge in [0, 0.05) is 13.1 Å². The summed E-state index contributed by atoms with van der Waals surface area (Å²) >= 11 is 6.05. The Labute approximate surface area is 146 Å². The maximum Gasteiger partial charge on any atom is 0.343 e. The van der Waals surface area contributed by atoms with Crippen molar-refractivity contribution in [2.24, 2.45) is 0 Å². The van der Waals surface area contributed by atoms with Crippen LogP contribution in [0.3, 0.4) is 0 Å². The third-order valence-corrected chi connectivity index (χ3v) is 5.98. The molecule has 128 valence electrons. The normalized spacial score (nSPS) is 11.5. The smallest absolute Gasteiger partial charge is 0.343 e. The number of carbonyl (C=O) groups excluding carboxylic acids is 1. The highest BCUT2D eigenvalue weighted by Crippen LogP contribution is 2.26. The summed E-state index contributed by atoms with van der Waals surface area (Å²) in [6.07, 6.45) is 0. The molecule has 0 N–H and O–H groups in total. The molecule has 0 aromatic heterocycles. The molecule has 0 bridgehead atoms. The van der Waals surface area contributed by atoms with Gasteiger partial charge in [-0.25, -0.2) is 13.2 Å². The lowest BCUT2D eigenvalue weighted by atomic mass is 10.2. The second-order valence-electron chi connectivity index (χ2n) is 4.94. The highest BCUT2D eigenvalue weighted by atomic mass is 35.5. The Bertz CT molecular complexity index is 818. The number of nitrogens with zero attached hydrogens (tertiary/aromatic N) is 1. The number of carbonyl (C=O) groups is 1. The predicted octanol–water partition coefficient (Wildman–Crippen LogP) is 3.59. The van der Waals surface area contributed by atoms with Crippen LogP contribution in [0, 0.1) is 0 Å². The Kier molecular flexibility index (Phi) is 5.99. The van der Waals surface area contributed by atoms with Crippen LogP contribution >= 0.6 is 11.6 Å². The first-order valence-corrected chi connectivity index (χ1v) is 9.28. The molecule has 2 aromatic rings. The number of benzene rings is 2. The molecule has 0 fully saturated rings. The maximum absolute atomic E-state index is 12.6. The van der Waals surface area contributed by atoms with Crippen molar-refractivity contribution in [3.8, 4) is 5.75 Å². The van der Waals surface area contributed by atoms with Gasteiger partial charge in [0.05, 0.1) is 10.6 Å². The molecular formula is C17H18ClNO4S. The van der Waals surface area contributed by atoms with Crippen LogP contribution < -0.4 is 4.74 Å². The first kappa shape index (κ1) is 18.4. The molecule has 7 heteroatoms. The van der Waals surface area contributed by atoms with E-state index in [2.05, 4.69) is 0 Å². The van der Waals surface area contributed by atoms with Crippen LogP contribution in [-0.4, -0.2) is 31.8 Å². The molecule has 0 unspecified atom stereocenters. The molecule has 5 nitrogen and oxygen atoms in total. The van der Waals surface area contributed by atoms with Crippen molar-refractivity contribution in [1.29, 1.82) is 0 Å². The largest absolute Gasteiger partial charge is 0.423 e. The van der Waals surface area contributed by atoms with Crippen molar-refractivity contribution in [3.05, 3.63) is 59.1 Å². The van der Waals surface area contributed by atoms with Gasteiger partial charge >= 0.3 is 5.97 Å². The van der Waals surface area contributed by atoms with Gasteiger partial charge in [-0.2, -0.15) is 4.31 Å². The van der Waals surface area contributed by atoms with Crippen molar-refractivity contribution >= 4 is 27.6 Å². The number of sulfonamides is 1. The van der Waals surface area contributed by atoms with E-state index in [4.69, 9.17) is 16.3 Å². The van der Waals surface area contributed by atoms with Gasteiger partial charge in [-0.1, -0.05) is 43.6 Å². The molecule has 0 spiro atoms. The molecule has 0 aliphatic heterocycles. The van der Waals surface area contributed by atoms with Gasteiger partial charge < -0.3 is 4.74 Å². The standard InChI is InChI=1S/C17H18ClNO4S/c1-3-19(4-2)24(21,22)16-12-13(10-11-15(16)18)17(20)23-14-8-6-5-7-9-14/h5-12H,3-4H2,1-2H3. The Hall–Kier alpha value is -1.89. The molecule has 0 radical (unpaired) electrons. The molecule has 0 aliphatic rings. The van der Waals surface area contributed by atoms with Crippen LogP contribution in [-0.2, 0) is 10.0 Å². The van der Waals surface area contributed by atoms with Gasteiger partial charge in [0.15, 0.2) is 0 Å². The molecule has 0 atom stereocenters. The summed E-state index contributed by atoms with van der Waals surface area (Å²) in [4.78, 5) is 12.1. The zero-order valence-corrected chi connectivity index (χ0v) is 15.0. The Balaban J connectivity index is 2.36. The van der Waals surface area contributed by atoms with Gasteiger partial charge in [-0.15, -0.1) is 0 Å². The fourth-order valence-corrected chi connectivity index (χ4v) is 4.14. The van der Waals surface area contributed by atoms with Crippen LogP contribution in [0.15, 0.2) is 53.4 Å². The van der Waals surface area contributed by atoms with Gasteiger partial charge in [-0.05, 0) is 30.3 Å². The summed E-state index contributed by atoms with van der Waals surface area (Å²) in [6.45, 7) is 4.10. The minimum atomic E-state index is -3.77. The monoisotopic (exact) mass is 367 g/mol. The molecule has 2 rings (SSSR count). The number of hydrogen-bond donors (Lipinski definition) is 0. The lowest BCUT2D eigenvalue weighted by Gasteiger charge is -2.19. The summed E-state index contributed by atoms with van der Waals surface area (Å²) < 4.78 is 31.8. The third kappa shape index (κ3) is 3.95. The molecule has 0 saturated heterocycles. The average Bonchev–Trinajstić information content (AvgIpc) is 2.56. The van der Waals surface area contributed by atoms with Crippen LogP contribution in [0.1, 0.15) is 24.2 Å². The Morgan fingerprint density at radius 3 is 2.29 bits per heavy atom. The predicted molar refractivity (Wildman–Crippen MR) is 93.0 cm³/mol. The van der Waals surface area contributed by atoms with Crippen LogP contribution in [0.5, 0.6) is 5.75 Å². The molecule has 24 heavy (non-hydrogen) atoms. The molecule has 0 amide bonds. The number of esters is 1. The SMILES string of the molecule is CCN(CC)S(=O)(=O)c1cc(C(=O)Oc2ccccc2)ccc1Cl. The molecule has 0 aliphatic carbocycles. The molecular weight excluding hydrogens is 350 g/mol. The van der Waals surface area contributed by atoms with Crippen LogP contribution in [0.25, 0.3) is 0 Å². The van der Waals surface area contributed by atoms with E-state index in [1.54, 1.807) is 44.2 Å². The highest BCUT2D eigenvalue weighted by Gasteiger charge is 2.25. The van der Waals surface area contributed by atoms with Gasteiger partial charge in [-0.3, -0.25) is 0 Å². The number of halogens is 1. The lowest BCUT2D eigenvalue weighted by molar-refractivity contribution is 0.0734. The third-order valence-electron chi connectivity index (χ3n) is 3.44. The summed E-state index contributed by atoms with van der Waals surface area (Å²) in [5.41, 5.74) is 0.119. The highest BCUT2D eigenvalue weighted by molar-refractivity contribution is 7.89. The van der Waals surface area contributed by atoms with Crippen LogP contribution in [0.2, 0.25) is 5.02 Å². The fraction of sp³-hybridized carbons (Fsp3) is 0.235. The second kappa shape index (κ2) is 7.79. The molecule has 2 aromatic carbocycles. The first-order valence-electron chi connectivity index (χ1n) is 7.47. The van der Waals surface area contributed by atoms with E-state index in [-0.39, 0.29) is 15.5 Å². The topological polar surface area (TPSA) is 63.7 Å². The summed E-state index contributed by atoms with van der Waals surface area (Å²) in [5, 5.41) is 0.0677. The van der Waals surface area contributed by atoms with Crippen molar-refractivity contribution in [1.82, 2.24) is 4.31 Å². The Morgan fingerprint density at radius 2 is 1.71 bits per heavy atom. The zero-order chi connectivity index (χ0) is 17.7. The number of para-hydroxylation sites is 1. The Morgan fingerprint density at radius 1 is 1.08 bits per heavy atom. The first-order chi connectivity index (χ1) is 11.4. The minimum Gasteiger partial charge on any atom is -0.423 e. The van der Waals surface area contributed by atoms with E-state index >= 15 is 0 Å². The molecule has 0 heterocycles. The van der Waals surface area contributed by atoms with E-state index in [0.29, 0.717) is 18.8 Å². The molecule has 0 saturated carbocycles. The van der Waals surface area contributed by atoms with Crippen molar-refractivity contribution in [2.45, 2.75) is 18.7 Å². The summed E-state index contributed by atoms with van der Waals surface area (Å²) in [5.74, 6) is -0.264. The summed E-state index contributed by atoms with van der Waals surface area (Å²) in [7, 11) is -3.77. The number of ether oxygens (including phenoxy) is 1. The fourth-order valence-electron chi connectivity index (χ4n) is 2.19. The van der Waals surface area contributed by atoms with E-state index < -0.39 is 16.0 Å². The van der Waals surface area contributed by atoms with Gasteiger partial charge in [0.2, 0.25) is 10.0 Å². The second-order valence-corrected chi connectivity index (χ2v) is 7.25. The van der Waals surface area contributed by atoms with Crippen molar-refractivity contribution in [2.75, 3.05) is 13.1 Å². The summed E-state index contributed by atoms with van der Waals surface area (Å²) in [6, 6.07) is 12.6. The quantitative estimate of drug-likeness (QED) is 0.578. The van der Waals surface area contributed by atoms with Crippen molar-refractivity contribution < 1.29 is 17.9 Å². The number of rotatable bonds is 6. The van der Waals surface area contributed by atoms with Crippen molar-refractivity contribution in [3.63, 3.8) is 0 Å². The van der Waals surface area contributed by atoms with E-state index in [1.165, 1.54) is 22.5 Å². The number of hydrogen-bond acceptors (Lipinski definition) is 4. The van der Waals surface area contributed by atoms with Gasteiger partial charge in [0.1, 0.15) is 10.6 Å². The lowest BCUT2D eigenvalue weighted by Crippen LogP contribution is -2.31. The van der Waals surface area contributed by atoms with Crippen LogP contribution in [0.4, 0.5) is 0 Å². The van der Waals surface area contributed by atoms with E-state index in [1.807, 2.05) is 0 Å². The van der Waals surface area contributed by atoms with E-state index in [9.17, 15) is 13.2 Å². The zero-order valence-electron chi connectivity index (χ0n) is 13.4. The van der Waals surface area contributed by atoms with E-state index in [0.717, 1.165) is 0 Å². The van der Waals surface area contributed by atoms with Gasteiger partial charge in [0.25, 0.3) is 0 Å². The average molecular weight is 368 g/mol. The minimum absolute atomic E-state index is 0.0677. The maximum atomic E-state index is 12.6.